The molecule has 3 N–H and O–H groups in total. The second-order valence-electron chi connectivity index (χ2n) is 5.62. The van der Waals surface area contributed by atoms with Crippen LogP contribution in [-0.4, -0.2) is 40.3 Å². The van der Waals surface area contributed by atoms with Crippen molar-refractivity contribution < 1.29 is 17.9 Å². The second kappa shape index (κ2) is 8.55. The topological polar surface area (TPSA) is 96.5 Å². The fourth-order valence-electron chi connectivity index (χ4n) is 2.23. The molecule has 9 heteroatoms. The Labute approximate surface area is 149 Å². The Balaban J connectivity index is 0.00000288. The number of hydrogen-bond donors (Lipinski definition) is 3. The van der Waals surface area contributed by atoms with Crippen LogP contribution in [0.2, 0.25) is 0 Å². The zero-order valence-corrected chi connectivity index (χ0v) is 15.6. The minimum atomic E-state index is -3.39. The number of benzene rings is 1. The maximum absolute atomic E-state index is 12.2. The van der Waals surface area contributed by atoms with Crippen LogP contribution in [0.15, 0.2) is 18.2 Å². The maximum atomic E-state index is 12.2. The lowest BCUT2D eigenvalue weighted by molar-refractivity contribution is -0.121. The molecule has 136 valence electrons. The Bertz CT molecular complexity index is 677. The first-order valence-electron chi connectivity index (χ1n) is 7.56. The number of halogens is 1. The number of hydrogen-bond acceptors (Lipinski definition) is 5. The van der Waals surface area contributed by atoms with Gasteiger partial charge in [-0.1, -0.05) is 6.92 Å². The minimum absolute atomic E-state index is 0. The molecule has 1 atom stereocenters. The molecule has 1 aliphatic rings. The highest BCUT2D eigenvalue weighted by Crippen LogP contribution is 2.29. The summed E-state index contributed by atoms with van der Waals surface area (Å²) in [5, 5.41) is 5.99. The van der Waals surface area contributed by atoms with Gasteiger partial charge in [0, 0.05) is 17.7 Å². The predicted molar refractivity (Wildman–Crippen MR) is 97.5 cm³/mol. The van der Waals surface area contributed by atoms with Crippen molar-refractivity contribution in [3.05, 3.63) is 18.2 Å². The van der Waals surface area contributed by atoms with Crippen LogP contribution in [0.4, 0.5) is 11.4 Å². The molecule has 24 heavy (non-hydrogen) atoms. The molecule has 1 saturated heterocycles. The van der Waals surface area contributed by atoms with E-state index >= 15 is 0 Å². The molecule has 1 aromatic rings. The fraction of sp³-hybridized carbons (Fsp3) is 0.533. The van der Waals surface area contributed by atoms with Gasteiger partial charge in [-0.25, -0.2) is 8.42 Å². The molecule has 1 amide bonds. The van der Waals surface area contributed by atoms with Gasteiger partial charge in [-0.05, 0) is 38.1 Å². The average molecular weight is 378 g/mol. The predicted octanol–water partition coefficient (Wildman–Crippen LogP) is 1.67. The molecule has 1 heterocycles. The van der Waals surface area contributed by atoms with E-state index in [1.165, 1.54) is 7.11 Å². The number of rotatable bonds is 7. The molecule has 1 aromatic carbocycles. The standard InChI is InChI=1S/C15H23N3O4S.ClH/c1-4-23(20,21)18-13-6-5-12(7-14(13)22-3)17-15(19)10(2)11-8-16-9-11;/h5-7,10-11,16,18H,4,8-9H2,1-3H3,(H,17,19);1H. The maximum Gasteiger partial charge on any atom is 0.232 e. The normalized spacial score (nSPS) is 15.6. The van der Waals surface area contributed by atoms with E-state index in [1.54, 1.807) is 25.1 Å². The first kappa shape index (κ1) is 20.5. The van der Waals surface area contributed by atoms with Crippen LogP contribution in [0.1, 0.15) is 13.8 Å². The van der Waals surface area contributed by atoms with Crippen molar-refractivity contribution in [1.82, 2.24) is 5.32 Å². The highest BCUT2D eigenvalue weighted by atomic mass is 35.5. The molecule has 7 nitrogen and oxygen atoms in total. The van der Waals surface area contributed by atoms with E-state index in [-0.39, 0.29) is 30.0 Å². The van der Waals surface area contributed by atoms with Gasteiger partial charge >= 0.3 is 0 Å². The smallest absolute Gasteiger partial charge is 0.232 e. The Morgan fingerprint density at radius 1 is 1.42 bits per heavy atom. The van der Waals surface area contributed by atoms with E-state index in [9.17, 15) is 13.2 Å². The summed E-state index contributed by atoms with van der Waals surface area (Å²) in [7, 11) is -1.93. The summed E-state index contributed by atoms with van der Waals surface area (Å²) >= 11 is 0. The quantitative estimate of drug-likeness (QED) is 0.671. The summed E-state index contributed by atoms with van der Waals surface area (Å²) < 4.78 is 31.0. The number of ether oxygens (including phenoxy) is 1. The summed E-state index contributed by atoms with van der Waals surface area (Å²) in [5.41, 5.74) is 0.925. The Kier molecular flexibility index (Phi) is 7.31. The molecular formula is C15H24ClN3O4S. The van der Waals surface area contributed by atoms with Crippen molar-refractivity contribution in [3.63, 3.8) is 0 Å². The van der Waals surface area contributed by atoms with E-state index < -0.39 is 10.0 Å². The van der Waals surface area contributed by atoms with Crippen molar-refractivity contribution in [2.75, 3.05) is 36.0 Å². The largest absolute Gasteiger partial charge is 0.494 e. The van der Waals surface area contributed by atoms with Crippen LogP contribution >= 0.6 is 12.4 Å². The van der Waals surface area contributed by atoms with Crippen LogP contribution < -0.4 is 20.1 Å². The first-order valence-corrected chi connectivity index (χ1v) is 9.21. The molecular weight excluding hydrogens is 354 g/mol. The zero-order chi connectivity index (χ0) is 17.0. The molecule has 0 radical (unpaired) electrons. The molecule has 2 rings (SSSR count). The van der Waals surface area contributed by atoms with Crippen molar-refractivity contribution in [2.24, 2.45) is 11.8 Å². The summed E-state index contributed by atoms with van der Waals surface area (Å²) in [6, 6.07) is 4.84. The van der Waals surface area contributed by atoms with Crippen molar-refractivity contribution in [2.45, 2.75) is 13.8 Å². The van der Waals surface area contributed by atoms with E-state index in [1.807, 2.05) is 6.92 Å². The lowest BCUT2D eigenvalue weighted by Crippen LogP contribution is -2.48. The zero-order valence-electron chi connectivity index (χ0n) is 14.0. The van der Waals surface area contributed by atoms with Gasteiger partial charge in [-0.2, -0.15) is 0 Å². The third kappa shape index (κ3) is 4.99. The van der Waals surface area contributed by atoms with Gasteiger partial charge in [0.1, 0.15) is 5.75 Å². The van der Waals surface area contributed by atoms with Gasteiger partial charge in [0.2, 0.25) is 15.9 Å². The third-order valence-electron chi connectivity index (χ3n) is 4.05. The highest BCUT2D eigenvalue weighted by molar-refractivity contribution is 7.92. The van der Waals surface area contributed by atoms with Gasteiger partial charge in [0.05, 0.1) is 18.6 Å². The number of carbonyl (C=O) groups is 1. The van der Waals surface area contributed by atoms with Crippen LogP contribution in [-0.2, 0) is 14.8 Å². The number of amides is 1. The van der Waals surface area contributed by atoms with E-state index in [4.69, 9.17) is 4.74 Å². The van der Waals surface area contributed by atoms with Crippen LogP contribution in [0.5, 0.6) is 5.75 Å². The average Bonchev–Trinajstić information content (AvgIpc) is 2.46. The van der Waals surface area contributed by atoms with Gasteiger partial charge in [-0.15, -0.1) is 12.4 Å². The molecule has 1 aliphatic heterocycles. The SMILES string of the molecule is CCS(=O)(=O)Nc1ccc(NC(=O)C(C)C2CNC2)cc1OC.Cl. The molecule has 0 saturated carbocycles. The van der Waals surface area contributed by atoms with E-state index in [2.05, 4.69) is 15.4 Å². The Hall–Kier alpha value is -1.51. The second-order valence-corrected chi connectivity index (χ2v) is 7.63. The lowest BCUT2D eigenvalue weighted by atomic mass is 9.88. The van der Waals surface area contributed by atoms with Crippen LogP contribution in [0, 0.1) is 11.8 Å². The van der Waals surface area contributed by atoms with Gasteiger partial charge in [-0.3, -0.25) is 9.52 Å². The lowest BCUT2D eigenvalue weighted by Gasteiger charge is -2.31. The highest BCUT2D eigenvalue weighted by Gasteiger charge is 2.28. The van der Waals surface area contributed by atoms with Crippen LogP contribution in [0.3, 0.4) is 0 Å². The summed E-state index contributed by atoms with van der Waals surface area (Å²) in [5.74, 6) is 0.549. The molecule has 0 bridgehead atoms. The number of nitrogens with one attached hydrogen (secondary N) is 3. The van der Waals surface area contributed by atoms with E-state index in [0.717, 1.165) is 13.1 Å². The van der Waals surface area contributed by atoms with Crippen LogP contribution in [0.25, 0.3) is 0 Å². The number of carbonyl (C=O) groups excluding carboxylic acids is 1. The van der Waals surface area contributed by atoms with Crippen molar-refractivity contribution in [3.8, 4) is 5.75 Å². The molecule has 1 unspecified atom stereocenters. The molecule has 1 fully saturated rings. The fourth-order valence-corrected chi connectivity index (χ4v) is 2.88. The Morgan fingerprint density at radius 2 is 2.08 bits per heavy atom. The van der Waals surface area contributed by atoms with Gasteiger partial charge in [0.15, 0.2) is 0 Å². The minimum Gasteiger partial charge on any atom is -0.494 e. The number of methoxy groups -OCH3 is 1. The Morgan fingerprint density at radius 3 is 2.58 bits per heavy atom. The number of anilines is 2. The van der Waals surface area contributed by atoms with E-state index in [0.29, 0.717) is 23.0 Å². The molecule has 0 aromatic heterocycles. The van der Waals surface area contributed by atoms with Crippen molar-refractivity contribution >= 4 is 39.7 Å². The summed E-state index contributed by atoms with van der Waals surface area (Å²) in [4.78, 5) is 12.2. The third-order valence-corrected chi connectivity index (χ3v) is 5.34. The molecule has 0 aliphatic carbocycles. The van der Waals surface area contributed by atoms with Crippen molar-refractivity contribution in [1.29, 1.82) is 0 Å². The van der Waals surface area contributed by atoms with Gasteiger partial charge < -0.3 is 15.4 Å². The molecule has 0 spiro atoms. The van der Waals surface area contributed by atoms with Gasteiger partial charge in [0.25, 0.3) is 0 Å². The first-order chi connectivity index (χ1) is 10.9. The summed E-state index contributed by atoms with van der Waals surface area (Å²) in [6.07, 6.45) is 0. The number of sulfonamides is 1. The summed E-state index contributed by atoms with van der Waals surface area (Å²) in [6.45, 7) is 5.17. The monoisotopic (exact) mass is 377 g/mol.